The SMILES string of the molecule is O=C(N[C@@H](Cc1ccccc1)C(=O)O)OCCc1cccnc1. The Hall–Kier alpha value is -2.89. The number of carboxylic acid groups (broad SMARTS) is 1. The zero-order valence-corrected chi connectivity index (χ0v) is 12.5. The fourth-order valence-corrected chi connectivity index (χ4v) is 2.04. The summed E-state index contributed by atoms with van der Waals surface area (Å²) in [6, 6.07) is 11.8. The molecule has 2 aromatic rings. The third-order valence-corrected chi connectivity index (χ3v) is 3.22. The second-order valence-electron chi connectivity index (χ2n) is 4.97. The number of pyridine rings is 1. The largest absolute Gasteiger partial charge is 0.480 e. The Labute approximate surface area is 134 Å². The lowest BCUT2D eigenvalue weighted by Crippen LogP contribution is -2.42. The summed E-state index contributed by atoms with van der Waals surface area (Å²) in [4.78, 5) is 26.9. The first-order chi connectivity index (χ1) is 11.1. The predicted octanol–water partition coefficient (Wildman–Crippen LogP) is 2.05. The molecule has 1 aromatic heterocycles. The van der Waals surface area contributed by atoms with Crippen LogP contribution in [0.1, 0.15) is 11.1 Å². The number of carbonyl (C=O) groups is 2. The average molecular weight is 314 g/mol. The van der Waals surface area contributed by atoms with E-state index in [0.29, 0.717) is 6.42 Å². The number of rotatable bonds is 7. The van der Waals surface area contributed by atoms with E-state index in [1.165, 1.54) is 0 Å². The van der Waals surface area contributed by atoms with Gasteiger partial charge in [-0.3, -0.25) is 4.98 Å². The highest BCUT2D eigenvalue weighted by Crippen LogP contribution is 2.04. The molecule has 23 heavy (non-hydrogen) atoms. The summed E-state index contributed by atoms with van der Waals surface area (Å²) < 4.78 is 5.02. The molecule has 0 aliphatic carbocycles. The maximum Gasteiger partial charge on any atom is 0.407 e. The molecular weight excluding hydrogens is 296 g/mol. The van der Waals surface area contributed by atoms with Crippen LogP contribution in [0.2, 0.25) is 0 Å². The molecule has 2 rings (SSSR count). The molecule has 0 aliphatic heterocycles. The molecular formula is C17H18N2O4. The number of hydrogen-bond acceptors (Lipinski definition) is 4. The van der Waals surface area contributed by atoms with E-state index in [0.717, 1.165) is 11.1 Å². The van der Waals surface area contributed by atoms with E-state index in [1.807, 2.05) is 36.4 Å². The summed E-state index contributed by atoms with van der Waals surface area (Å²) in [6.45, 7) is 0.162. The van der Waals surface area contributed by atoms with E-state index in [2.05, 4.69) is 10.3 Å². The van der Waals surface area contributed by atoms with Gasteiger partial charge in [0.2, 0.25) is 0 Å². The van der Waals surface area contributed by atoms with Crippen LogP contribution < -0.4 is 5.32 Å². The third kappa shape index (κ3) is 5.78. The van der Waals surface area contributed by atoms with Crippen LogP contribution in [0.5, 0.6) is 0 Å². The molecule has 0 radical (unpaired) electrons. The van der Waals surface area contributed by atoms with E-state index >= 15 is 0 Å². The van der Waals surface area contributed by atoms with E-state index in [1.54, 1.807) is 18.5 Å². The molecule has 1 heterocycles. The highest BCUT2D eigenvalue weighted by atomic mass is 16.5. The minimum atomic E-state index is -1.10. The minimum absolute atomic E-state index is 0.162. The van der Waals surface area contributed by atoms with Crippen molar-refractivity contribution in [3.63, 3.8) is 0 Å². The van der Waals surface area contributed by atoms with Crippen molar-refractivity contribution in [2.24, 2.45) is 0 Å². The third-order valence-electron chi connectivity index (χ3n) is 3.22. The van der Waals surface area contributed by atoms with E-state index in [-0.39, 0.29) is 13.0 Å². The Kier molecular flexibility index (Phi) is 6.11. The lowest BCUT2D eigenvalue weighted by Gasteiger charge is -2.14. The molecule has 1 atom stereocenters. The van der Waals surface area contributed by atoms with Gasteiger partial charge in [-0.05, 0) is 17.2 Å². The molecule has 6 heteroatoms. The Morgan fingerprint density at radius 1 is 1.13 bits per heavy atom. The van der Waals surface area contributed by atoms with Crippen LogP contribution in [0.15, 0.2) is 54.9 Å². The number of amides is 1. The van der Waals surface area contributed by atoms with Crippen molar-refractivity contribution in [1.82, 2.24) is 10.3 Å². The molecule has 0 saturated heterocycles. The number of nitrogens with one attached hydrogen (secondary N) is 1. The summed E-state index contributed by atoms with van der Waals surface area (Å²) >= 11 is 0. The van der Waals surface area contributed by atoms with E-state index < -0.39 is 18.1 Å². The number of aromatic nitrogens is 1. The smallest absolute Gasteiger partial charge is 0.407 e. The Morgan fingerprint density at radius 3 is 2.52 bits per heavy atom. The van der Waals surface area contributed by atoms with Gasteiger partial charge in [0, 0.05) is 25.2 Å². The lowest BCUT2D eigenvalue weighted by molar-refractivity contribution is -0.139. The maximum absolute atomic E-state index is 11.7. The number of ether oxygens (including phenoxy) is 1. The highest BCUT2D eigenvalue weighted by molar-refractivity contribution is 5.80. The topological polar surface area (TPSA) is 88.5 Å². The fraction of sp³-hybridized carbons (Fsp3) is 0.235. The zero-order valence-electron chi connectivity index (χ0n) is 12.5. The normalized spacial score (nSPS) is 11.5. The molecule has 0 saturated carbocycles. The minimum Gasteiger partial charge on any atom is -0.480 e. The average Bonchev–Trinajstić information content (AvgIpc) is 2.56. The van der Waals surface area contributed by atoms with Crippen molar-refractivity contribution in [3.8, 4) is 0 Å². The van der Waals surface area contributed by atoms with Crippen molar-refractivity contribution >= 4 is 12.1 Å². The van der Waals surface area contributed by atoms with Gasteiger partial charge in [0.1, 0.15) is 6.04 Å². The number of alkyl carbamates (subject to hydrolysis) is 1. The fourth-order valence-electron chi connectivity index (χ4n) is 2.04. The molecule has 0 unspecified atom stereocenters. The van der Waals surface area contributed by atoms with Crippen molar-refractivity contribution in [3.05, 3.63) is 66.0 Å². The summed E-state index contributed by atoms with van der Waals surface area (Å²) in [7, 11) is 0. The summed E-state index contributed by atoms with van der Waals surface area (Å²) in [5.41, 5.74) is 1.77. The monoisotopic (exact) mass is 314 g/mol. The Bertz CT molecular complexity index is 632. The Balaban J connectivity index is 1.80. The molecule has 6 nitrogen and oxygen atoms in total. The van der Waals surface area contributed by atoms with Gasteiger partial charge in [0.05, 0.1) is 6.61 Å². The van der Waals surface area contributed by atoms with Crippen LogP contribution in [0, 0.1) is 0 Å². The zero-order chi connectivity index (χ0) is 16.5. The first-order valence-electron chi connectivity index (χ1n) is 7.24. The number of benzene rings is 1. The number of carboxylic acids is 1. The van der Waals surface area contributed by atoms with Gasteiger partial charge in [0.25, 0.3) is 0 Å². The van der Waals surface area contributed by atoms with Crippen LogP contribution in [0.4, 0.5) is 4.79 Å². The van der Waals surface area contributed by atoms with Crippen molar-refractivity contribution in [2.75, 3.05) is 6.61 Å². The maximum atomic E-state index is 11.7. The van der Waals surface area contributed by atoms with Gasteiger partial charge in [-0.1, -0.05) is 36.4 Å². The predicted molar refractivity (Wildman–Crippen MR) is 84.0 cm³/mol. The van der Waals surface area contributed by atoms with Crippen LogP contribution in [0.25, 0.3) is 0 Å². The molecule has 0 spiro atoms. The molecule has 0 fully saturated rings. The van der Waals surface area contributed by atoms with Crippen LogP contribution in [-0.2, 0) is 22.4 Å². The summed E-state index contributed by atoms with van der Waals surface area (Å²) in [5.74, 6) is -1.10. The van der Waals surface area contributed by atoms with Gasteiger partial charge in [-0.15, -0.1) is 0 Å². The van der Waals surface area contributed by atoms with Crippen LogP contribution in [0.3, 0.4) is 0 Å². The van der Waals surface area contributed by atoms with Gasteiger partial charge in [-0.25, -0.2) is 9.59 Å². The standard InChI is InChI=1S/C17H18N2O4/c20-16(21)15(11-13-5-2-1-3-6-13)19-17(22)23-10-8-14-7-4-9-18-12-14/h1-7,9,12,15H,8,10-11H2,(H,19,22)(H,20,21)/t15-/m0/s1. The molecule has 1 amide bonds. The summed E-state index contributed by atoms with van der Waals surface area (Å²) in [6.07, 6.45) is 3.35. The number of nitrogens with zero attached hydrogens (tertiary/aromatic N) is 1. The van der Waals surface area contributed by atoms with Crippen molar-refractivity contribution < 1.29 is 19.4 Å². The molecule has 2 N–H and O–H groups in total. The van der Waals surface area contributed by atoms with Crippen molar-refractivity contribution in [1.29, 1.82) is 0 Å². The van der Waals surface area contributed by atoms with Crippen LogP contribution in [-0.4, -0.2) is 34.8 Å². The van der Waals surface area contributed by atoms with Gasteiger partial charge in [0.15, 0.2) is 0 Å². The second kappa shape index (κ2) is 8.53. The second-order valence-corrected chi connectivity index (χ2v) is 4.97. The molecule has 0 bridgehead atoms. The Morgan fingerprint density at radius 2 is 1.87 bits per heavy atom. The first-order valence-corrected chi connectivity index (χ1v) is 7.24. The molecule has 1 aromatic carbocycles. The van der Waals surface area contributed by atoms with Gasteiger partial charge in [-0.2, -0.15) is 0 Å². The number of aliphatic carboxylic acids is 1. The number of carbonyl (C=O) groups excluding carboxylic acids is 1. The molecule has 120 valence electrons. The lowest BCUT2D eigenvalue weighted by atomic mass is 10.1. The van der Waals surface area contributed by atoms with E-state index in [9.17, 15) is 14.7 Å². The van der Waals surface area contributed by atoms with Crippen molar-refractivity contribution in [2.45, 2.75) is 18.9 Å². The summed E-state index contributed by atoms with van der Waals surface area (Å²) in [5, 5.41) is 11.6. The molecule has 0 aliphatic rings. The first kappa shape index (κ1) is 16.5. The highest BCUT2D eigenvalue weighted by Gasteiger charge is 2.20. The number of hydrogen-bond donors (Lipinski definition) is 2. The van der Waals surface area contributed by atoms with Crippen LogP contribution >= 0.6 is 0 Å². The van der Waals surface area contributed by atoms with E-state index in [4.69, 9.17) is 4.74 Å². The quantitative estimate of drug-likeness (QED) is 0.816. The van der Waals surface area contributed by atoms with Gasteiger partial charge >= 0.3 is 12.1 Å². The van der Waals surface area contributed by atoms with Gasteiger partial charge < -0.3 is 15.2 Å².